The second kappa shape index (κ2) is 5.68. The lowest BCUT2D eigenvalue weighted by molar-refractivity contribution is -0.607. The summed E-state index contributed by atoms with van der Waals surface area (Å²) in [6.45, 7) is 0. The van der Waals surface area contributed by atoms with Gasteiger partial charge in [-0.05, 0) is 23.8 Å². The highest BCUT2D eigenvalue weighted by atomic mass is 16.7. The molecule has 1 atom stereocenters. The van der Waals surface area contributed by atoms with Crippen LogP contribution in [0.4, 0.5) is 5.69 Å². The van der Waals surface area contributed by atoms with E-state index in [4.69, 9.17) is 0 Å². The zero-order valence-electron chi connectivity index (χ0n) is 10.9. The molecule has 7 heteroatoms. The lowest BCUT2D eigenvalue weighted by Gasteiger charge is -2.16. The molecule has 21 heavy (non-hydrogen) atoms. The van der Waals surface area contributed by atoms with Crippen molar-refractivity contribution in [3.8, 4) is 0 Å². The molecule has 1 unspecified atom stereocenters. The van der Waals surface area contributed by atoms with Crippen LogP contribution in [0.25, 0.3) is 6.08 Å². The quantitative estimate of drug-likeness (QED) is 0.520. The number of benzene rings is 1. The third-order valence-electron chi connectivity index (χ3n) is 3.09. The normalized spacial score (nSPS) is 21.3. The van der Waals surface area contributed by atoms with Crippen LogP contribution >= 0.6 is 0 Å². The maximum atomic E-state index is 10.9. The lowest BCUT2D eigenvalue weighted by atomic mass is 9.99. The Kier molecular flexibility index (Phi) is 3.95. The van der Waals surface area contributed by atoms with Crippen molar-refractivity contribution in [1.82, 2.24) is 0 Å². The Morgan fingerprint density at radius 1 is 1.19 bits per heavy atom. The number of rotatable bonds is 4. The largest absolute Gasteiger partial charge is 0.345 e. The van der Waals surface area contributed by atoms with Crippen LogP contribution in [-0.2, 0) is 0 Å². The first kappa shape index (κ1) is 14.6. The molecule has 0 amide bonds. The predicted molar refractivity (Wildman–Crippen MR) is 75.9 cm³/mol. The van der Waals surface area contributed by atoms with Crippen molar-refractivity contribution < 1.29 is 15.0 Å². The summed E-state index contributed by atoms with van der Waals surface area (Å²) in [5, 5.41) is 31.2. The van der Waals surface area contributed by atoms with Gasteiger partial charge in [-0.25, -0.2) is 0 Å². The molecule has 0 aliphatic heterocycles. The first-order valence-electron chi connectivity index (χ1n) is 6.10. The van der Waals surface area contributed by atoms with Gasteiger partial charge < -0.3 is 5.11 Å². The van der Waals surface area contributed by atoms with Gasteiger partial charge in [-0.3, -0.25) is 20.2 Å². The Balaban J connectivity index is 2.18. The molecule has 7 nitrogen and oxygen atoms in total. The number of allylic oxidation sites excluding steroid dienone is 3. The van der Waals surface area contributed by atoms with E-state index in [1.54, 1.807) is 30.4 Å². The van der Waals surface area contributed by atoms with Gasteiger partial charge in [-0.15, -0.1) is 0 Å². The molecule has 0 bridgehead atoms. The monoisotopic (exact) mass is 288 g/mol. The first-order valence-corrected chi connectivity index (χ1v) is 6.10. The number of hydrogen-bond donors (Lipinski definition) is 1. The molecular formula is C14H12N2O5. The second-order valence-corrected chi connectivity index (χ2v) is 4.53. The highest BCUT2D eigenvalue weighted by molar-refractivity contribution is 5.63. The van der Waals surface area contributed by atoms with Gasteiger partial charge in [0.25, 0.3) is 5.69 Å². The Bertz CT molecular complexity index is 678. The summed E-state index contributed by atoms with van der Waals surface area (Å²) in [6, 6.07) is 6.26. The van der Waals surface area contributed by atoms with Gasteiger partial charge in [0.1, 0.15) is 0 Å². The number of hydrogen-bond acceptors (Lipinski definition) is 5. The summed E-state index contributed by atoms with van der Waals surface area (Å²) >= 11 is 0. The molecule has 0 spiro atoms. The smallest absolute Gasteiger partial charge is 0.327 e. The predicted octanol–water partition coefficient (Wildman–Crippen LogP) is 2.46. The van der Waals surface area contributed by atoms with Crippen LogP contribution in [0.3, 0.4) is 0 Å². The van der Waals surface area contributed by atoms with E-state index < -0.39 is 15.6 Å². The summed E-state index contributed by atoms with van der Waals surface area (Å²) < 4.78 is 0. The van der Waals surface area contributed by atoms with E-state index in [2.05, 4.69) is 0 Å². The fourth-order valence-electron chi connectivity index (χ4n) is 1.87. The fraction of sp³-hybridized carbons (Fsp3) is 0.143. The van der Waals surface area contributed by atoms with E-state index in [0.717, 1.165) is 6.08 Å². The summed E-state index contributed by atoms with van der Waals surface area (Å²) in [7, 11) is 0. The van der Waals surface area contributed by atoms with Crippen LogP contribution in [0.2, 0.25) is 0 Å². The Morgan fingerprint density at radius 2 is 1.90 bits per heavy atom. The molecule has 0 radical (unpaired) electrons. The van der Waals surface area contributed by atoms with Gasteiger partial charge in [-0.2, -0.15) is 0 Å². The van der Waals surface area contributed by atoms with E-state index in [1.165, 1.54) is 18.2 Å². The minimum absolute atomic E-state index is 0.0177. The SMILES string of the molecule is O=[N+]([O-])c1ccccc1C=CC1=CCC(O)([N+](=O)[O-])C=C1. The zero-order chi connectivity index (χ0) is 15.5. The summed E-state index contributed by atoms with van der Waals surface area (Å²) in [5.74, 6) is 0. The Labute approximate surface area is 119 Å². The van der Waals surface area contributed by atoms with Gasteiger partial charge in [0.05, 0.1) is 21.8 Å². The molecule has 1 aliphatic carbocycles. The molecule has 1 N–H and O–H groups in total. The van der Waals surface area contributed by atoms with E-state index >= 15 is 0 Å². The van der Waals surface area contributed by atoms with E-state index in [-0.39, 0.29) is 12.1 Å². The average molecular weight is 288 g/mol. The van der Waals surface area contributed by atoms with Crippen molar-refractivity contribution in [2.24, 2.45) is 0 Å². The molecule has 0 heterocycles. The van der Waals surface area contributed by atoms with Gasteiger partial charge >= 0.3 is 5.72 Å². The highest BCUT2D eigenvalue weighted by Crippen LogP contribution is 2.24. The lowest BCUT2D eigenvalue weighted by Crippen LogP contribution is -2.36. The molecule has 0 saturated carbocycles. The van der Waals surface area contributed by atoms with Crippen molar-refractivity contribution in [2.75, 3.05) is 0 Å². The van der Waals surface area contributed by atoms with Crippen molar-refractivity contribution in [1.29, 1.82) is 0 Å². The van der Waals surface area contributed by atoms with E-state index in [9.17, 15) is 25.3 Å². The molecule has 1 aromatic carbocycles. The van der Waals surface area contributed by atoms with Crippen molar-refractivity contribution >= 4 is 11.8 Å². The summed E-state index contributed by atoms with van der Waals surface area (Å²) in [6.07, 6.45) is 7.05. The number of aliphatic hydroxyl groups is 1. The van der Waals surface area contributed by atoms with Crippen molar-refractivity contribution in [3.05, 3.63) is 79.9 Å². The van der Waals surface area contributed by atoms with Gasteiger partial charge in [0.15, 0.2) is 0 Å². The van der Waals surface area contributed by atoms with Crippen molar-refractivity contribution in [3.63, 3.8) is 0 Å². The maximum absolute atomic E-state index is 10.9. The number of nitro benzene ring substituents is 1. The topological polar surface area (TPSA) is 107 Å². The van der Waals surface area contributed by atoms with Gasteiger partial charge in [0.2, 0.25) is 0 Å². The van der Waals surface area contributed by atoms with Crippen LogP contribution in [0.1, 0.15) is 12.0 Å². The second-order valence-electron chi connectivity index (χ2n) is 4.53. The Morgan fingerprint density at radius 3 is 2.48 bits per heavy atom. The van der Waals surface area contributed by atoms with E-state index in [0.29, 0.717) is 11.1 Å². The fourth-order valence-corrected chi connectivity index (χ4v) is 1.87. The molecule has 1 aliphatic rings. The molecule has 0 saturated heterocycles. The molecule has 2 rings (SSSR count). The van der Waals surface area contributed by atoms with E-state index in [1.807, 2.05) is 0 Å². The average Bonchev–Trinajstić information content (AvgIpc) is 2.47. The number of nitrogens with zero attached hydrogens (tertiary/aromatic N) is 2. The summed E-state index contributed by atoms with van der Waals surface area (Å²) in [4.78, 5) is 20.3. The minimum Gasteiger partial charge on any atom is -0.327 e. The maximum Gasteiger partial charge on any atom is 0.345 e. The third-order valence-corrected chi connectivity index (χ3v) is 3.09. The molecule has 1 aromatic rings. The third kappa shape index (κ3) is 3.21. The van der Waals surface area contributed by atoms with Crippen molar-refractivity contribution in [2.45, 2.75) is 12.1 Å². The summed E-state index contributed by atoms with van der Waals surface area (Å²) in [5.41, 5.74) is -1.02. The first-order chi connectivity index (χ1) is 9.92. The molecule has 0 aromatic heterocycles. The van der Waals surface area contributed by atoms with Crippen LogP contribution < -0.4 is 0 Å². The Hall–Kier alpha value is -2.80. The molecular weight excluding hydrogens is 276 g/mol. The highest BCUT2D eigenvalue weighted by Gasteiger charge is 2.37. The van der Waals surface area contributed by atoms with Crippen LogP contribution in [0, 0.1) is 20.2 Å². The number of nitro groups is 2. The zero-order valence-corrected chi connectivity index (χ0v) is 10.9. The van der Waals surface area contributed by atoms with Crippen LogP contribution in [-0.4, -0.2) is 20.7 Å². The van der Waals surface area contributed by atoms with Gasteiger partial charge in [0, 0.05) is 12.1 Å². The van der Waals surface area contributed by atoms with Gasteiger partial charge in [-0.1, -0.05) is 24.3 Å². The standard InChI is InChI=1S/C14H12N2O5/c17-14(16(20)21)9-7-11(8-10-14)5-6-12-3-1-2-4-13(12)15(18)19/h1-9,17H,10H2. The van der Waals surface area contributed by atoms with Crippen LogP contribution in [0.15, 0.2) is 54.1 Å². The van der Waals surface area contributed by atoms with Crippen LogP contribution in [0.5, 0.6) is 0 Å². The minimum atomic E-state index is -2.07. The number of para-hydroxylation sites is 1. The molecule has 0 fully saturated rings. The molecule has 108 valence electrons.